The van der Waals surface area contributed by atoms with Crippen molar-refractivity contribution in [1.29, 1.82) is 0 Å². The van der Waals surface area contributed by atoms with Gasteiger partial charge < -0.3 is 55.6 Å². The summed E-state index contributed by atoms with van der Waals surface area (Å²) in [5, 5.41) is 22.8. The Hall–Kier alpha value is -5.11. The predicted octanol–water partition coefficient (Wildman–Crippen LogP) is 2.18. The molecule has 0 unspecified atom stereocenters. The van der Waals surface area contributed by atoms with Gasteiger partial charge in [0.1, 0.15) is 48.8 Å². The largest absolute Gasteiger partial charge is 0.468 e. The van der Waals surface area contributed by atoms with Crippen molar-refractivity contribution in [3.63, 3.8) is 0 Å². The van der Waals surface area contributed by atoms with Crippen LogP contribution in [0.5, 0.6) is 0 Å². The van der Waals surface area contributed by atoms with E-state index in [0.29, 0.717) is 12.8 Å². The van der Waals surface area contributed by atoms with Crippen molar-refractivity contribution < 1.29 is 53.0 Å². The van der Waals surface area contributed by atoms with E-state index in [9.17, 15) is 48.3 Å². The van der Waals surface area contributed by atoms with E-state index in [1.165, 1.54) is 70.9 Å². The van der Waals surface area contributed by atoms with Crippen molar-refractivity contribution in [2.75, 3.05) is 55.9 Å². The maximum absolute atomic E-state index is 14.9. The van der Waals surface area contributed by atoms with Gasteiger partial charge in [-0.05, 0) is 89.5 Å². The molecular formula is C51H93N9O11. The molecule has 5 N–H and O–H groups in total. The van der Waals surface area contributed by atoms with E-state index in [1.54, 1.807) is 40.8 Å². The average molecular weight is 1010 g/mol. The lowest BCUT2D eigenvalue weighted by Crippen LogP contribution is -2.63. The molecule has 0 aliphatic heterocycles. The molecule has 0 radical (unpaired) electrons. The number of hydrogen-bond acceptors (Lipinski definition) is 12. The molecule has 0 spiro atoms. The Bertz CT molecular complexity index is 1810. The molecule has 20 heteroatoms. The third-order valence-corrected chi connectivity index (χ3v) is 12.8. The zero-order valence-electron chi connectivity index (χ0n) is 46.7. The van der Waals surface area contributed by atoms with E-state index in [-0.39, 0.29) is 49.5 Å². The average Bonchev–Trinajstić information content (AvgIpc) is 3.30. The van der Waals surface area contributed by atoms with Gasteiger partial charge in [0.15, 0.2) is 0 Å². The first-order chi connectivity index (χ1) is 32.9. The molecule has 0 aromatic carbocycles. The Morgan fingerprint density at radius 2 is 1.03 bits per heavy atom. The number of ether oxygens (including phenoxy) is 1. The van der Waals surface area contributed by atoms with Gasteiger partial charge in [0.05, 0.1) is 19.3 Å². The highest BCUT2D eigenvalue weighted by molar-refractivity contribution is 5.98. The summed E-state index contributed by atoms with van der Waals surface area (Å²) in [5.74, 6) is -6.48. The predicted molar refractivity (Wildman–Crippen MR) is 274 cm³/mol. The summed E-state index contributed by atoms with van der Waals surface area (Å²) in [6.45, 7) is 22.8. The van der Waals surface area contributed by atoms with Gasteiger partial charge in [-0.2, -0.15) is 0 Å². The fraction of sp³-hybridized carbons (Fsp3) is 0.784. The van der Waals surface area contributed by atoms with Crippen LogP contribution in [0.15, 0.2) is 12.2 Å². The normalized spacial score (nSPS) is 15.9. The van der Waals surface area contributed by atoms with Gasteiger partial charge in [0.25, 0.3) is 0 Å². The third-order valence-electron chi connectivity index (χ3n) is 12.8. The zero-order valence-corrected chi connectivity index (χ0v) is 46.7. The monoisotopic (exact) mass is 1010 g/mol. The van der Waals surface area contributed by atoms with E-state index in [0.717, 1.165) is 9.80 Å². The summed E-state index contributed by atoms with van der Waals surface area (Å²) in [7, 11) is 9.99. The topological polar surface area (TPSA) is 247 Å². The van der Waals surface area contributed by atoms with Gasteiger partial charge in [-0.1, -0.05) is 81.4 Å². The Morgan fingerprint density at radius 1 is 0.563 bits per heavy atom. The van der Waals surface area contributed by atoms with Crippen LogP contribution < -0.4 is 21.3 Å². The number of hydrogen-bond donors (Lipinski definition) is 5. The fourth-order valence-electron chi connectivity index (χ4n) is 8.37. The maximum atomic E-state index is 14.9. The number of likely N-dealkylation sites (N-methyl/N-ethyl adjacent to an activating group) is 6. The summed E-state index contributed by atoms with van der Waals surface area (Å²) < 4.78 is 4.69. The Balaban J connectivity index is 6.96. The number of aliphatic hydroxyl groups excluding tert-OH is 1. The van der Waals surface area contributed by atoms with Gasteiger partial charge in [0.2, 0.25) is 47.3 Å². The molecule has 0 saturated heterocycles. The lowest BCUT2D eigenvalue weighted by Gasteiger charge is -2.41. The quantitative estimate of drug-likeness (QED) is 0.0514. The van der Waals surface area contributed by atoms with Crippen LogP contribution in [0.3, 0.4) is 0 Å². The molecule has 408 valence electrons. The number of esters is 1. The number of amides is 8. The SMILES string of the molecule is C/C=C/C[C@@H](C)[C@@H](O)[C@@H](C(=O)N[C@@H](CC)C(=O)N(C)CC(=O)OC)N(C)C(=O)[C@H](C(C)C)N(C)C(=O)[C@H](CC(C)C)N(C)C(=O)[C@H](CC(C)C)N(C)C(=O)[C@@H](C)NC(=O)[C@H](C)NC(=O)[C@@H](CC(C)C)NC. The van der Waals surface area contributed by atoms with Gasteiger partial charge >= 0.3 is 5.97 Å². The van der Waals surface area contributed by atoms with E-state index < -0.39 is 114 Å². The summed E-state index contributed by atoms with van der Waals surface area (Å²) >= 11 is 0. The van der Waals surface area contributed by atoms with E-state index in [1.807, 2.05) is 54.5 Å². The molecule has 0 aromatic rings. The summed E-state index contributed by atoms with van der Waals surface area (Å²) in [6, 6.07) is -8.63. The molecule has 0 bridgehead atoms. The van der Waals surface area contributed by atoms with E-state index >= 15 is 0 Å². The summed E-state index contributed by atoms with van der Waals surface area (Å²) in [6.07, 6.45) is 3.59. The van der Waals surface area contributed by atoms with Crippen LogP contribution in [0.4, 0.5) is 0 Å². The van der Waals surface area contributed by atoms with Gasteiger partial charge in [-0.15, -0.1) is 0 Å². The van der Waals surface area contributed by atoms with Crippen LogP contribution in [0.25, 0.3) is 0 Å². The molecule has 0 aliphatic rings. The molecule has 20 nitrogen and oxygen atoms in total. The highest BCUT2D eigenvalue weighted by Gasteiger charge is 2.44. The first-order valence-corrected chi connectivity index (χ1v) is 25.1. The first-order valence-electron chi connectivity index (χ1n) is 25.1. The van der Waals surface area contributed by atoms with Crippen LogP contribution in [0, 0.1) is 29.6 Å². The van der Waals surface area contributed by atoms with Gasteiger partial charge in [-0.3, -0.25) is 43.2 Å². The molecule has 0 rings (SSSR count). The molecule has 71 heavy (non-hydrogen) atoms. The number of nitrogens with one attached hydrogen (secondary N) is 4. The van der Waals surface area contributed by atoms with Crippen LogP contribution in [-0.4, -0.2) is 193 Å². The molecule has 0 aromatic heterocycles. The Morgan fingerprint density at radius 3 is 1.46 bits per heavy atom. The molecule has 10 atom stereocenters. The molecule has 8 amide bonds. The highest BCUT2D eigenvalue weighted by Crippen LogP contribution is 2.24. The number of carbonyl (C=O) groups excluding carboxylic acids is 9. The van der Waals surface area contributed by atoms with Crippen LogP contribution >= 0.6 is 0 Å². The number of carbonyl (C=O) groups is 9. The smallest absolute Gasteiger partial charge is 0.325 e. The fourth-order valence-corrected chi connectivity index (χ4v) is 8.37. The van der Waals surface area contributed by atoms with Gasteiger partial charge in [-0.25, -0.2) is 0 Å². The number of aliphatic hydroxyl groups is 1. The lowest BCUT2D eigenvalue weighted by atomic mass is 9.91. The third kappa shape index (κ3) is 20.1. The maximum Gasteiger partial charge on any atom is 0.325 e. The second kappa shape index (κ2) is 31.4. The Kier molecular flexibility index (Phi) is 29.1. The molecule has 0 fully saturated rings. The summed E-state index contributed by atoms with van der Waals surface area (Å²) in [4.78, 5) is 130. The van der Waals surface area contributed by atoms with Crippen molar-refractivity contribution in [2.45, 2.75) is 177 Å². The van der Waals surface area contributed by atoms with E-state index in [4.69, 9.17) is 0 Å². The van der Waals surface area contributed by atoms with Gasteiger partial charge in [0, 0.05) is 35.2 Å². The molecule has 0 heterocycles. The minimum absolute atomic E-state index is 0.0909. The highest BCUT2D eigenvalue weighted by atomic mass is 16.5. The van der Waals surface area contributed by atoms with Crippen LogP contribution in [-0.2, 0) is 47.9 Å². The zero-order chi connectivity index (χ0) is 55.4. The standard InChI is InChI=1S/C51H93N9O11/c1-21-23-24-33(11)43(62)42(46(65)55-36(22-2)48(67)56(15)28-40(61)71-20)60(19)51(70)41(32(9)10)59(18)50(69)39(27-31(7)8)58(17)49(68)38(26-30(5)6)57(16)47(66)35(13)54-44(63)34(12)53-45(64)37(52-14)25-29(3)4/h21,23,29-39,41-43,52,62H,22,24-28H2,1-20H3,(H,53,64)(H,54,63)(H,55,65)/b23-21+/t33-,34+,35-,36+,37-,38+,39+,41+,42+,43-/m1/s1. The second-order valence-corrected chi connectivity index (χ2v) is 20.7. The number of methoxy groups -OCH3 is 1. The molecule has 0 saturated carbocycles. The van der Waals surface area contributed by atoms with Crippen LogP contribution in [0.1, 0.15) is 122 Å². The molecule has 0 aliphatic carbocycles. The number of allylic oxidation sites excluding steroid dienone is 2. The summed E-state index contributed by atoms with van der Waals surface area (Å²) in [5.41, 5.74) is 0. The van der Waals surface area contributed by atoms with Crippen molar-refractivity contribution in [3.05, 3.63) is 12.2 Å². The second-order valence-electron chi connectivity index (χ2n) is 20.7. The number of rotatable bonds is 30. The minimum Gasteiger partial charge on any atom is -0.468 e. The molecular weight excluding hydrogens is 915 g/mol. The Labute approximate surface area is 425 Å². The van der Waals surface area contributed by atoms with Crippen molar-refractivity contribution >= 4 is 53.2 Å². The number of nitrogens with zero attached hydrogens (tertiary/aromatic N) is 5. The first kappa shape index (κ1) is 65.9. The lowest BCUT2D eigenvalue weighted by molar-refractivity contribution is -0.157. The van der Waals surface area contributed by atoms with E-state index in [2.05, 4.69) is 26.0 Å². The van der Waals surface area contributed by atoms with Crippen molar-refractivity contribution in [3.8, 4) is 0 Å². The van der Waals surface area contributed by atoms with Crippen LogP contribution in [0.2, 0.25) is 0 Å². The van der Waals surface area contributed by atoms with Crippen molar-refractivity contribution in [2.24, 2.45) is 29.6 Å². The van der Waals surface area contributed by atoms with Crippen molar-refractivity contribution in [1.82, 2.24) is 45.8 Å². The minimum atomic E-state index is -1.53.